The minimum atomic E-state index is -0.292. The van der Waals surface area contributed by atoms with Crippen LogP contribution in [0.4, 0.5) is 10.6 Å². The Labute approximate surface area is 249 Å². The van der Waals surface area contributed by atoms with Gasteiger partial charge in [0, 0.05) is 44.8 Å². The maximum Gasteiger partial charge on any atom is 0.320 e. The van der Waals surface area contributed by atoms with Gasteiger partial charge in [0.25, 0.3) is 0 Å². The first kappa shape index (κ1) is 28.8. The van der Waals surface area contributed by atoms with Crippen molar-refractivity contribution in [3.05, 3.63) is 90.0 Å². The zero-order valence-electron chi connectivity index (χ0n) is 24.2. The monoisotopic (exact) mass is 585 g/mol. The highest BCUT2D eigenvalue weighted by Crippen LogP contribution is 2.31. The fraction of sp³-hybridized carbons (Fsp3) is 0.290. The zero-order chi connectivity index (χ0) is 29.1. The van der Waals surface area contributed by atoms with Crippen molar-refractivity contribution in [2.75, 3.05) is 11.6 Å². The van der Waals surface area contributed by atoms with Gasteiger partial charge in [-0.15, -0.1) is 22.0 Å². The number of nitrogens with one attached hydrogen (secondary N) is 2. The van der Waals surface area contributed by atoms with Gasteiger partial charge in [0.15, 0.2) is 5.65 Å². The van der Waals surface area contributed by atoms with Crippen LogP contribution in [0.3, 0.4) is 0 Å². The molecule has 2 N–H and O–H groups in total. The van der Waals surface area contributed by atoms with Crippen LogP contribution in [0, 0.1) is 0 Å². The predicted molar refractivity (Wildman–Crippen MR) is 168 cm³/mol. The van der Waals surface area contributed by atoms with E-state index in [1.807, 2.05) is 53.1 Å². The smallest absolute Gasteiger partial charge is 0.320 e. The second-order valence-electron chi connectivity index (χ2n) is 11.1. The van der Waals surface area contributed by atoms with Gasteiger partial charge in [-0.2, -0.15) is 5.10 Å². The number of hydrogen-bond donors (Lipinski definition) is 2. The summed E-state index contributed by atoms with van der Waals surface area (Å²) in [6.07, 6.45) is 4.12. The minimum Gasteiger partial charge on any atom is -0.334 e. The standard InChI is InChI=1S/C31H35N7OS2/c1-20(2)29-35-34-27-16-15-24(19-37(27)29)41-25-10-8-7-9-21(25)18-32-30(39)33-28-17-26(31(3,4)5)36-38(28)22-11-13-23(40-6)14-12-22/h7-17,19-20H,18H2,1-6H3,(H2,32,33,39). The molecule has 0 fully saturated rings. The third-order valence-corrected chi connectivity index (χ3v) is 8.43. The molecule has 0 aliphatic rings. The Hall–Kier alpha value is -3.76. The van der Waals surface area contributed by atoms with E-state index in [2.05, 4.69) is 85.9 Å². The molecule has 0 radical (unpaired) electrons. The summed E-state index contributed by atoms with van der Waals surface area (Å²) in [5.41, 5.74) is 3.48. The first-order valence-electron chi connectivity index (χ1n) is 13.5. The molecule has 41 heavy (non-hydrogen) atoms. The molecular weight excluding hydrogens is 551 g/mol. The van der Waals surface area contributed by atoms with Crippen LogP contribution in [0.25, 0.3) is 11.3 Å². The molecule has 0 unspecified atom stereocenters. The predicted octanol–water partition coefficient (Wildman–Crippen LogP) is 7.53. The van der Waals surface area contributed by atoms with Crippen LogP contribution in [0.5, 0.6) is 0 Å². The summed E-state index contributed by atoms with van der Waals surface area (Å²) in [5, 5.41) is 19.5. The molecule has 212 valence electrons. The third-order valence-electron chi connectivity index (χ3n) is 6.59. The number of carbonyl (C=O) groups is 1. The summed E-state index contributed by atoms with van der Waals surface area (Å²) >= 11 is 3.34. The summed E-state index contributed by atoms with van der Waals surface area (Å²) in [6, 6.07) is 21.9. The van der Waals surface area contributed by atoms with E-state index in [0.29, 0.717) is 12.4 Å². The quantitative estimate of drug-likeness (QED) is 0.183. The third kappa shape index (κ3) is 6.60. The number of pyridine rings is 1. The maximum atomic E-state index is 13.1. The van der Waals surface area contributed by atoms with Crippen molar-refractivity contribution in [2.45, 2.75) is 67.2 Å². The van der Waals surface area contributed by atoms with E-state index in [-0.39, 0.29) is 17.4 Å². The number of benzene rings is 2. The molecule has 0 saturated heterocycles. The first-order chi connectivity index (χ1) is 19.6. The molecule has 10 heteroatoms. The molecule has 2 amide bonds. The van der Waals surface area contributed by atoms with E-state index in [4.69, 9.17) is 5.10 Å². The van der Waals surface area contributed by atoms with E-state index in [9.17, 15) is 4.79 Å². The number of amides is 2. The lowest BCUT2D eigenvalue weighted by atomic mass is 9.92. The van der Waals surface area contributed by atoms with Crippen molar-refractivity contribution < 1.29 is 4.79 Å². The Kier molecular flexibility index (Phi) is 8.42. The van der Waals surface area contributed by atoms with Gasteiger partial charge in [-0.3, -0.25) is 9.72 Å². The Morgan fingerprint density at radius 1 is 0.976 bits per heavy atom. The lowest BCUT2D eigenvalue weighted by Crippen LogP contribution is -2.29. The number of rotatable bonds is 8. The van der Waals surface area contributed by atoms with Crippen LogP contribution >= 0.6 is 23.5 Å². The molecule has 0 bridgehead atoms. The summed E-state index contributed by atoms with van der Waals surface area (Å²) in [4.78, 5) is 16.4. The topological polar surface area (TPSA) is 89.1 Å². The lowest BCUT2D eigenvalue weighted by molar-refractivity contribution is 0.251. The van der Waals surface area contributed by atoms with E-state index in [0.717, 1.165) is 38.2 Å². The normalized spacial score (nSPS) is 11.8. The Bertz CT molecular complexity index is 1670. The zero-order valence-corrected chi connectivity index (χ0v) is 25.8. The number of nitrogens with zero attached hydrogens (tertiary/aromatic N) is 5. The highest BCUT2D eigenvalue weighted by molar-refractivity contribution is 7.99. The number of fused-ring (bicyclic) bond motifs is 1. The molecule has 0 spiro atoms. The van der Waals surface area contributed by atoms with Gasteiger partial charge in [-0.25, -0.2) is 9.48 Å². The molecule has 3 aromatic heterocycles. The van der Waals surface area contributed by atoms with Gasteiger partial charge >= 0.3 is 6.03 Å². The molecule has 3 heterocycles. The molecule has 2 aromatic carbocycles. The highest BCUT2D eigenvalue weighted by atomic mass is 32.2. The summed E-state index contributed by atoms with van der Waals surface area (Å²) in [7, 11) is 0. The fourth-order valence-electron chi connectivity index (χ4n) is 4.31. The molecule has 5 aromatic rings. The van der Waals surface area contributed by atoms with Gasteiger partial charge in [0.1, 0.15) is 11.6 Å². The van der Waals surface area contributed by atoms with Crippen LogP contribution in [-0.2, 0) is 12.0 Å². The number of anilines is 1. The number of hydrogen-bond acceptors (Lipinski definition) is 6. The van der Waals surface area contributed by atoms with Crippen molar-refractivity contribution in [3.63, 3.8) is 0 Å². The van der Waals surface area contributed by atoms with Gasteiger partial charge < -0.3 is 5.32 Å². The van der Waals surface area contributed by atoms with Crippen LogP contribution in [-0.4, -0.2) is 36.7 Å². The first-order valence-corrected chi connectivity index (χ1v) is 15.6. The van der Waals surface area contributed by atoms with E-state index in [1.165, 1.54) is 4.90 Å². The molecule has 0 aliphatic carbocycles. The number of aromatic nitrogens is 5. The van der Waals surface area contributed by atoms with Crippen molar-refractivity contribution >= 4 is 41.0 Å². The molecule has 0 atom stereocenters. The number of carbonyl (C=O) groups excluding carboxylic acids is 1. The van der Waals surface area contributed by atoms with Crippen LogP contribution in [0.15, 0.2) is 87.6 Å². The SMILES string of the molecule is CSc1ccc(-n2nc(C(C)(C)C)cc2NC(=O)NCc2ccccc2Sc2ccc3nnc(C(C)C)n3c2)cc1. The van der Waals surface area contributed by atoms with E-state index < -0.39 is 0 Å². The van der Waals surface area contributed by atoms with Crippen molar-refractivity contribution in [3.8, 4) is 5.69 Å². The van der Waals surface area contributed by atoms with E-state index in [1.54, 1.807) is 28.2 Å². The average Bonchev–Trinajstić information content (AvgIpc) is 3.57. The fourth-order valence-corrected chi connectivity index (χ4v) is 5.69. The van der Waals surface area contributed by atoms with Crippen LogP contribution in [0.1, 0.15) is 57.6 Å². The minimum absolute atomic E-state index is 0.167. The maximum absolute atomic E-state index is 13.1. The molecule has 5 rings (SSSR count). The Morgan fingerprint density at radius 2 is 1.71 bits per heavy atom. The van der Waals surface area contributed by atoms with Gasteiger partial charge in [-0.05, 0) is 54.3 Å². The highest BCUT2D eigenvalue weighted by Gasteiger charge is 2.22. The lowest BCUT2D eigenvalue weighted by Gasteiger charge is -2.14. The summed E-state index contributed by atoms with van der Waals surface area (Å²) < 4.78 is 3.84. The van der Waals surface area contributed by atoms with Gasteiger partial charge in [0.2, 0.25) is 0 Å². The van der Waals surface area contributed by atoms with Crippen molar-refractivity contribution in [2.24, 2.45) is 0 Å². The van der Waals surface area contributed by atoms with Crippen molar-refractivity contribution in [1.29, 1.82) is 0 Å². The largest absolute Gasteiger partial charge is 0.334 e. The summed E-state index contributed by atoms with van der Waals surface area (Å²) in [6.45, 7) is 10.9. The van der Waals surface area contributed by atoms with Crippen LogP contribution < -0.4 is 10.6 Å². The molecule has 0 saturated carbocycles. The Morgan fingerprint density at radius 3 is 2.41 bits per heavy atom. The van der Waals surface area contributed by atoms with E-state index >= 15 is 0 Å². The van der Waals surface area contributed by atoms with Crippen molar-refractivity contribution in [1.82, 2.24) is 29.7 Å². The number of urea groups is 1. The molecular formula is C31H35N7OS2. The van der Waals surface area contributed by atoms with Gasteiger partial charge in [-0.1, -0.05) is 64.6 Å². The van der Waals surface area contributed by atoms with Gasteiger partial charge in [0.05, 0.1) is 11.4 Å². The number of thioether (sulfide) groups is 1. The second kappa shape index (κ2) is 12.0. The molecule has 8 nitrogen and oxygen atoms in total. The average molecular weight is 586 g/mol. The Balaban J connectivity index is 1.32. The summed E-state index contributed by atoms with van der Waals surface area (Å²) in [5.74, 6) is 1.82. The second-order valence-corrected chi connectivity index (χ2v) is 13.1. The molecule has 0 aliphatic heterocycles. The van der Waals surface area contributed by atoms with Crippen LogP contribution in [0.2, 0.25) is 0 Å².